The molecule has 0 bridgehead atoms. The van der Waals surface area contributed by atoms with E-state index in [-0.39, 0.29) is 24.3 Å². The predicted octanol–water partition coefficient (Wildman–Crippen LogP) is 0.963. The first-order valence-electron chi connectivity index (χ1n) is 12.7. The van der Waals surface area contributed by atoms with E-state index in [4.69, 9.17) is 14.1 Å². The summed E-state index contributed by atoms with van der Waals surface area (Å²) >= 11 is 1.66. The minimum absolute atomic E-state index is 0.179. The summed E-state index contributed by atoms with van der Waals surface area (Å²) in [5, 5.41) is 13.1. The van der Waals surface area contributed by atoms with Crippen molar-refractivity contribution in [3.8, 4) is 0 Å². The number of thioether (sulfide) groups is 1. The Bertz CT molecular complexity index is 1370. The third-order valence-electron chi connectivity index (χ3n) is 6.60. The number of benzene rings is 3. The molecule has 0 fully saturated rings. The van der Waals surface area contributed by atoms with E-state index >= 15 is 0 Å². The Balaban J connectivity index is 0.00000118. The van der Waals surface area contributed by atoms with Gasteiger partial charge in [0.25, 0.3) is 11.8 Å². The highest BCUT2D eigenvalue weighted by molar-refractivity contribution is 7.98. The van der Waals surface area contributed by atoms with Gasteiger partial charge in [0.1, 0.15) is 0 Å². The Hall–Kier alpha value is -3.57. The summed E-state index contributed by atoms with van der Waals surface area (Å²) in [5.74, 6) is -0.383. The third kappa shape index (κ3) is 7.14. The molecular weight excluding hydrogens is 528 g/mol. The Morgan fingerprint density at radius 1 is 1.12 bits per heavy atom. The number of nitrogens with two attached hydrogens (primary N) is 1. The van der Waals surface area contributed by atoms with Crippen LogP contribution in [0.25, 0.3) is 0 Å². The number of hydrogen-bond acceptors (Lipinski definition) is 7. The second kappa shape index (κ2) is 13.7. The molecule has 205 valence electrons. The van der Waals surface area contributed by atoms with Crippen LogP contribution in [0.5, 0.6) is 0 Å². The maximum Gasteiger partial charge on any atom is 0.491 e. The van der Waals surface area contributed by atoms with Crippen molar-refractivity contribution in [2.75, 3.05) is 12.8 Å². The smallest absolute Gasteiger partial charge is 0.430 e. The van der Waals surface area contributed by atoms with E-state index in [0.717, 1.165) is 27.0 Å². The molecule has 5 rings (SSSR count). The van der Waals surface area contributed by atoms with Crippen molar-refractivity contribution in [2.45, 2.75) is 37.6 Å². The first-order chi connectivity index (χ1) is 19.3. The Morgan fingerprint density at radius 3 is 2.55 bits per heavy atom. The van der Waals surface area contributed by atoms with E-state index in [1.807, 2.05) is 55.6 Å². The standard InChI is InChI=1S/C27H27B2N2O5S.CH3NO/c1-17(30-26(32)19-5-7-21-15-35-28-24(21)11-19)13-31(14-18-3-9-23(37-2)10-4-18)27(33)20-6-8-22-16-36-29(34)25(22)12-20;2-1-3/h3-12,17,34H,13-16H2,1-2H3,(H,30,32);1H,(H2,2,3). The van der Waals surface area contributed by atoms with Gasteiger partial charge in [0.2, 0.25) is 6.41 Å². The summed E-state index contributed by atoms with van der Waals surface area (Å²) in [4.78, 5) is 38.1. The molecule has 9 nitrogen and oxygen atoms in total. The van der Waals surface area contributed by atoms with Gasteiger partial charge in [-0.1, -0.05) is 30.3 Å². The van der Waals surface area contributed by atoms with Crippen molar-refractivity contribution in [1.29, 1.82) is 0 Å². The predicted molar refractivity (Wildman–Crippen MR) is 156 cm³/mol. The molecule has 0 aromatic heterocycles. The van der Waals surface area contributed by atoms with Gasteiger partial charge < -0.3 is 30.3 Å². The summed E-state index contributed by atoms with van der Waals surface area (Å²) in [6.45, 7) is 3.43. The first-order valence-corrected chi connectivity index (χ1v) is 13.9. The number of nitrogens with zero attached hydrogens (tertiary/aromatic N) is 1. The summed E-state index contributed by atoms with van der Waals surface area (Å²) < 4.78 is 10.6. The van der Waals surface area contributed by atoms with Gasteiger partial charge in [-0.15, -0.1) is 11.8 Å². The van der Waals surface area contributed by atoms with Crippen molar-refractivity contribution in [2.24, 2.45) is 5.73 Å². The van der Waals surface area contributed by atoms with Crippen LogP contribution in [0.4, 0.5) is 0 Å². The molecule has 0 saturated carbocycles. The second-order valence-corrected chi connectivity index (χ2v) is 10.3. The van der Waals surface area contributed by atoms with Crippen molar-refractivity contribution >= 4 is 55.5 Å². The molecule has 0 aliphatic carbocycles. The second-order valence-electron chi connectivity index (χ2n) is 9.46. The normalized spacial score (nSPS) is 13.7. The van der Waals surface area contributed by atoms with E-state index in [9.17, 15) is 14.6 Å². The molecule has 3 aromatic carbocycles. The number of carbonyl (C=O) groups is 3. The SMILES string of the molecule is CSc1ccc(CN(CC(C)NC(=O)c2ccc3c(c2)[B]OC3)C(=O)c2ccc3c(c2)B(O)OC3)cc1.NC=O. The number of carbonyl (C=O) groups excluding carboxylic acids is 3. The van der Waals surface area contributed by atoms with Gasteiger partial charge in [0.05, 0.1) is 13.2 Å². The molecule has 2 heterocycles. The molecule has 1 unspecified atom stereocenters. The highest BCUT2D eigenvalue weighted by atomic mass is 32.2. The minimum Gasteiger partial charge on any atom is -0.430 e. The number of fused-ring (bicyclic) bond motifs is 2. The number of primary amides is 1. The molecule has 3 amide bonds. The lowest BCUT2D eigenvalue weighted by Crippen LogP contribution is -2.44. The summed E-state index contributed by atoms with van der Waals surface area (Å²) in [5.41, 5.74) is 9.63. The maximum absolute atomic E-state index is 13.7. The van der Waals surface area contributed by atoms with Crippen LogP contribution in [0.2, 0.25) is 0 Å². The molecule has 12 heteroatoms. The highest BCUT2D eigenvalue weighted by Gasteiger charge is 2.29. The highest BCUT2D eigenvalue weighted by Crippen LogP contribution is 2.18. The molecule has 0 saturated heterocycles. The fourth-order valence-electron chi connectivity index (χ4n) is 4.58. The van der Waals surface area contributed by atoms with Crippen LogP contribution >= 0.6 is 11.8 Å². The van der Waals surface area contributed by atoms with Crippen LogP contribution < -0.4 is 22.0 Å². The van der Waals surface area contributed by atoms with Crippen molar-refractivity contribution < 1.29 is 28.7 Å². The molecular formula is C28H30B2N3O6S. The van der Waals surface area contributed by atoms with Crippen molar-refractivity contribution in [3.05, 3.63) is 88.5 Å². The fraction of sp³-hybridized carbons (Fsp3) is 0.250. The van der Waals surface area contributed by atoms with Crippen molar-refractivity contribution in [1.82, 2.24) is 10.2 Å². The lowest BCUT2D eigenvalue weighted by molar-refractivity contribution is -0.106. The van der Waals surface area contributed by atoms with Gasteiger partial charge in [0.15, 0.2) is 0 Å². The molecule has 1 radical (unpaired) electrons. The Kier molecular flexibility index (Phi) is 10.1. The maximum atomic E-state index is 13.7. The molecule has 40 heavy (non-hydrogen) atoms. The van der Waals surface area contributed by atoms with E-state index in [1.165, 1.54) is 0 Å². The van der Waals surface area contributed by atoms with E-state index in [1.54, 1.807) is 42.3 Å². The zero-order valence-electron chi connectivity index (χ0n) is 22.3. The van der Waals surface area contributed by atoms with Gasteiger partial charge in [-0.05, 0) is 71.1 Å². The van der Waals surface area contributed by atoms with E-state index in [2.05, 4.69) is 11.1 Å². The van der Waals surface area contributed by atoms with Crippen LogP contribution in [0.3, 0.4) is 0 Å². The molecule has 2 aliphatic rings. The van der Waals surface area contributed by atoms with Gasteiger partial charge >= 0.3 is 14.6 Å². The van der Waals surface area contributed by atoms with E-state index < -0.39 is 7.12 Å². The van der Waals surface area contributed by atoms with Crippen LogP contribution in [-0.2, 0) is 33.9 Å². The molecule has 4 N–H and O–H groups in total. The van der Waals surface area contributed by atoms with Crippen molar-refractivity contribution in [3.63, 3.8) is 0 Å². The largest absolute Gasteiger partial charge is 0.491 e. The Morgan fingerprint density at radius 2 is 1.82 bits per heavy atom. The lowest BCUT2D eigenvalue weighted by Gasteiger charge is -2.27. The van der Waals surface area contributed by atoms with Crippen LogP contribution in [0, 0.1) is 0 Å². The van der Waals surface area contributed by atoms with Gasteiger partial charge in [-0.2, -0.15) is 0 Å². The molecule has 1 atom stereocenters. The Labute approximate surface area is 238 Å². The fourth-order valence-corrected chi connectivity index (χ4v) is 4.99. The van der Waals surface area contributed by atoms with Crippen LogP contribution in [0.15, 0.2) is 65.6 Å². The van der Waals surface area contributed by atoms with Gasteiger partial charge in [-0.3, -0.25) is 14.4 Å². The average Bonchev–Trinajstić information content (AvgIpc) is 3.58. The third-order valence-corrected chi connectivity index (χ3v) is 7.35. The van der Waals surface area contributed by atoms with Gasteiger partial charge in [-0.25, -0.2) is 0 Å². The van der Waals surface area contributed by atoms with Gasteiger partial charge in [0, 0.05) is 35.2 Å². The van der Waals surface area contributed by atoms with E-state index in [0.29, 0.717) is 42.9 Å². The number of rotatable bonds is 8. The zero-order chi connectivity index (χ0) is 28.6. The number of amides is 3. The molecule has 2 aliphatic heterocycles. The van der Waals surface area contributed by atoms with Crippen LogP contribution in [0.1, 0.15) is 44.3 Å². The number of nitrogens with one attached hydrogen (secondary N) is 1. The summed E-state index contributed by atoms with van der Waals surface area (Å²) in [7, 11) is 0.639. The topological polar surface area (TPSA) is 131 Å². The lowest BCUT2D eigenvalue weighted by atomic mass is 9.78. The zero-order valence-corrected chi connectivity index (χ0v) is 23.1. The minimum atomic E-state index is -1.02. The summed E-state index contributed by atoms with van der Waals surface area (Å²) in [6.07, 6.45) is 2.27. The molecule has 0 spiro atoms. The first kappa shape index (κ1) is 29.4. The summed E-state index contributed by atoms with van der Waals surface area (Å²) in [6, 6.07) is 18.6. The number of hydrogen-bond donors (Lipinski definition) is 3. The quantitative estimate of drug-likeness (QED) is 0.213. The molecule has 3 aromatic rings. The monoisotopic (exact) mass is 558 g/mol. The van der Waals surface area contributed by atoms with Crippen LogP contribution in [-0.4, -0.2) is 61.6 Å². The average molecular weight is 558 g/mol.